The van der Waals surface area contributed by atoms with Crippen molar-refractivity contribution >= 4 is 23.4 Å². The number of carbonyl (C=O) groups excluding carboxylic acids is 3. The molecule has 0 aromatic heterocycles. The van der Waals surface area contributed by atoms with E-state index in [1.54, 1.807) is 31.4 Å². The Morgan fingerprint density at radius 2 is 1.24 bits per heavy atom. The van der Waals surface area contributed by atoms with Gasteiger partial charge in [0.2, 0.25) is 17.7 Å². The van der Waals surface area contributed by atoms with Gasteiger partial charge in [0.15, 0.2) is 0 Å². The van der Waals surface area contributed by atoms with E-state index in [0.717, 1.165) is 22.3 Å². The van der Waals surface area contributed by atoms with Crippen LogP contribution in [0.25, 0.3) is 0 Å². The van der Waals surface area contributed by atoms with Crippen LogP contribution in [0.4, 0.5) is 5.69 Å². The molecule has 0 radical (unpaired) electrons. The molecule has 7 rings (SSSR count). The topological polar surface area (TPSA) is 66.9 Å². The Morgan fingerprint density at radius 1 is 0.794 bits per heavy atom. The van der Waals surface area contributed by atoms with Crippen molar-refractivity contribution in [1.29, 1.82) is 0 Å². The third-order valence-electron chi connectivity index (χ3n) is 7.59. The van der Waals surface area contributed by atoms with Gasteiger partial charge in [0, 0.05) is 24.4 Å². The van der Waals surface area contributed by atoms with E-state index in [9.17, 15) is 14.4 Å². The van der Waals surface area contributed by atoms with Crippen LogP contribution in [0.1, 0.15) is 41.0 Å². The highest BCUT2D eigenvalue weighted by Gasteiger charge is 2.61. The van der Waals surface area contributed by atoms with Crippen LogP contribution in [0.5, 0.6) is 5.75 Å². The van der Waals surface area contributed by atoms with Crippen molar-refractivity contribution in [3.8, 4) is 5.75 Å². The monoisotopic (exact) mass is 452 g/mol. The summed E-state index contributed by atoms with van der Waals surface area (Å²) >= 11 is 0. The zero-order chi connectivity index (χ0) is 23.6. The highest BCUT2D eigenvalue weighted by Crippen LogP contribution is 2.60. The van der Waals surface area contributed by atoms with Crippen LogP contribution in [0.3, 0.4) is 0 Å². The smallest absolute Gasteiger partial charge is 0.235 e. The van der Waals surface area contributed by atoms with Crippen LogP contribution in [-0.2, 0) is 14.4 Å². The highest BCUT2D eigenvalue weighted by molar-refractivity contribution is 6.08. The first-order chi connectivity index (χ1) is 16.5. The van der Waals surface area contributed by atoms with Crippen LogP contribution >= 0.6 is 0 Å². The largest absolute Gasteiger partial charge is 0.497 e. The molecule has 170 valence electrons. The maximum absolute atomic E-state index is 13.8. The molecule has 6 heteroatoms. The van der Waals surface area contributed by atoms with E-state index in [1.807, 2.05) is 24.3 Å². The summed E-state index contributed by atoms with van der Waals surface area (Å²) in [6.45, 7) is 1.34. The van der Waals surface area contributed by atoms with E-state index >= 15 is 0 Å². The van der Waals surface area contributed by atoms with Crippen molar-refractivity contribution in [2.75, 3.05) is 18.7 Å². The van der Waals surface area contributed by atoms with Gasteiger partial charge in [0.1, 0.15) is 12.4 Å². The molecule has 2 bridgehead atoms. The van der Waals surface area contributed by atoms with Crippen molar-refractivity contribution in [3.05, 3.63) is 95.1 Å². The molecular weight excluding hydrogens is 428 g/mol. The van der Waals surface area contributed by atoms with Gasteiger partial charge in [-0.2, -0.15) is 0 Å². The molecule has 3 aliphatic carbocycles. The lowest BCUT2D eigenvalue weighted by molar-refractivity contribution is -0.140. The average Bonchev–Trinajstić information content (AvgIpc) is 3.12. The van der Waals surface area contributed by atoms with Gasteiger partial charge in [-0.3, -0.25) is 24.2 Å². The van der Waals surface area contributed by atoms with Gasteiger partial charge in [-0.15, -0.1) is 0 Å². The number of carbonyl (C=O) groups is 3. The van der Waals surface area contributed by atoms with Gasteiger partial charge in [-0.05, 0) is 46.5 Å². The third-order valence-corrected chi connectivity index (χ3v) is 7.59. The maximum atomic E-state index is 13.8. The van der Waals surface area contributed by atoms with Crippen molar-refractivity contribution < 1.29 is 19.1 Å². The summed E-state index contributed by atoms with van der Waals surface area (Å²) in [5.74, 6) is -1.19. The first-order valence-corrected chi connectivity index (χ1v) is 11.5. The van der Waals surface area contributed by atoms with Gasteiger partial charge in [-0.1, -0.05) is 48.5 Å². The second-order valence-corrected chi connectivity index (χ2v) is 9.16. The number of anilines is 1. The van der Waals surface area contributed by atoms with E-state index in [2.05, 4.69) is 24.3 Å². The summed E-state index contributed by atoms with van der Waals surface area (Å²) < 4.78 is 5.21. The fourth-order valence-corrected chi connectivity index (χ4v) is 6.15. The van der Waals surface area contributed by atoms with E-state index in [-0.39, 0.29) is 36.2 Å². The van der Waals surface area contributed by atoms with E-state index < -0.39 is 11.8 Å². The number of likely N-dealkylation sites (tertiary alicyclic amines) is 1. The van der Waals surface area contributed by atoms with Crippen molar-refractivity contribution in [2.24, 2.45) is 11.8 Å². The molecule has 4 aliphatic rings. The van der Waals surface area contributed by atoms with Gasteiger partial charge in [-0.25, -0.2) is 0 Å². The second kappa shape index (κ2) is 7.55. The molecular formula is C28H24N2O4. The minimum Gasteiger partial charge on any atom is -0.497 e. The van der Waals surface area contributed by atoms with Crippen molar-refractivity contribution in [3.63, 3.8) is 0 Å². The summed E-state index contributed by atoms with van der Waals surface area (Å²) in [6.07, 6.45) is 0. The van der Waals surface area contributed by atoms with Crippen LogP contribution < -0.4 is 9.64 Å². The fourth-order valence-electron chi connectivity index (χ4n) is 6.15. The molecule has 0 N–H and O–H groups in total. The molecule has 6 nitrogen and oxygen atoms in total. The molecule has 3 amide bonds. The second-order valence-electron chi connectivity index (χ2n) is 9.16. The van der Waals surface area contributed by atoms with Gasteiger partial charge >= 0.3 is 0 Å². The Bertz CT molecular complexity index is 1220. The molecule has 0 unspecified atom stereocenters. The molecule has 0 saturated carbocycles. The summed E-state index contributed by atoms with van der Waals surface area (Å²) in [7, 11) is 1.57. The lowest BCUT2D eigenvalue weighted by Gasteiger charge is -2.45. The molecule has 1 fully saturated rings. The normalized spacial score (nSPS) is 23.9. The molecule has 3 aromatic rings. The zero-order valence-corrected chi connectivity index (χ0v) is 19.0. The minimum atomic E-state index is -0.452. The van der Waals surface area contributed by atoms with E-state index in [0.29, 0.717) is 11.4 Å². The first-order valence-electron chi connectivity index (χ1n) is 11.5. The molecule has 34 heavy (non-hydrogen) atoms. The Hall–Kier alpha value is -3.93. The minimum absolute atomic E-state index is 0.0988. The fraction of sp³-hybridized carbons (Fsp3) is 0.250. The van der Waals surface area contributed by atoms with Crippen LogP contribution in [-0.4, -0.2) is 36.4 Å². The summed E-state index contributed by atoms with van der Waals surface area (Å²) in [4.78, 5) is 42.9. The van der Waals surface area contributed by atoms with Crippen LogP contribution in [0.2, 0.25) is 0 Å². The van der Waals surface area contributed by atoms with Gasteiger partial charge in [0.05, 0.1) is 18.9 Å². The molecule has 2 atom stereocenters. The summed E-state index contributed by atoms with van der Waals surface area (Å²) in [5.41, 5.74) is 5.14. The van der Waals surface area contributed by atoms with Gasteiger partial charge < -0.3 is 4.74 Å². The summed E-state index contributed by atoms with van der Waals surface area (Å²) in [5, 5.41) is 0. The molecule has 1 aliphatic heterocycles. The SMILES string of the molecule is COc1ccc(N(CN2C(=O)[C@H]3C4c5ccccc5C(c5ccccc54)[C@@H]3C2=O)C(C)=O)cc1. The standard InChI is InChI=1S/C28H24N2O4/c1-16(31)29(17-11-13-18(34-2)14-12-17)15-30-27(32)25-23-19-7-3-4-8-20(19)24(26(25)28(30)33)22-10-6-5-9-21(22)23/h3-14,23-26H,15H2,1-2H3/t23?,24?,25-,26-/m0/s1. The Morgan fingerprint density at radius 3 is 1.62 bits per heavy atom. The molecule has 1 saturated heterocycles. The Labute approximate surface area is 197 Å². The van der Waals surface area contributed by atoms with Gasteiger partial charge in [0.25, 0.3) is 0 Å². The quantitative estimate of drug-likeness (QED) is 0.563. The number of hydrogen-bond acceptors (Lipinski definition) is 4. The number of hydrogen-bond donors (Lipinski definition) is 0. The van der Waals surface area contributed by atoms with Crippen molar-refractivity contribution in [2.45, 2.75) is 18.8 Å². The molecule has 1 heterocycles. The number of amides is 3. The maximum Gasteiger partial charge on any atom is 0.235 e. The Kier molecular flexibility index (Phi) is 4.59. The van der Waals surface area contributed by atoms with Crippen molar-refractivity contribution in [1.82, 2.24) is 4.90 Å². The van der Waals surface area contributed by atoms with E-state index in [4.69, 9.17) is 4.74 Å². The van der Waals surface area contributed by atoms with Crippen LogP contribution in [0, 0.1) is 11.8 Å². The number of rotatable bonds is 4. The lowest BCUT2D eigenvalue weighted by Crippen LogP contribution is -2.44. The predicted octanol–water partition coefficient (Wildman–Crippen LogP) is 3.90. The Balaban J connectivity index is 1.40. The van der Waals surface area contributed by atoms with E-state index in [1.165, 1.54) is 16.7 Å². The number of ether oxygens (including phenoxy) is 1. The molecule has 0 spiro atoms. The number of nitrogens with zero attached hydrogens (tertiary/aromatic N) is 2. The lowest BCUT2D eigenvalue weighted by atomic mass is 9.55. The molecule has 3 aromatic carbocycles. The number of methoxy groups -OCH3 is 1. The first kappa shape index (κ1) is 20.7. The number of imide groups is 1. The number of benzene rings is 3. The van der Waals surface area contributed by atoms with Crippen LogP contribution in [0.15, 0.2) is 72.8 Å². The summed E-state index contributed by atoms with van der Waals surface area (Å²) in [6, 6.07) is 23.3. The zero-order valence-electron chi connectivity index (χ0n) is 19.0. The average molecular weight is 453 g/mol. The predicted molar refractivity (Wildman–Crippen MR) is 126 cm³/mol. The third kappa shape index (κ3) is 2.78. The highest BCUT2D eigenvalue weighted by atomic mass is 16.5.